The molecule has 7 heteroatoms. The summed E-state index contributed by atoms with van der Waals surface area (Å²) in [6.45, 7) is 0. The van der Waals surface area contributed by atoms with E-state index in [0.29, 0.717) is 35.1 Å². The van der Waals surface area contributed by atoms with Crippen molar-refractivity contribution in [3.8, 4) is 11.1 Å². The van der Waals surface area contributed by atoms with E-state index >= 15 is 4.39 Å². The fourth-order valence-corrected chi connectivity index (χ4v) is 3.62. The van der Waals surface area contributed by atoms with Crippen LogP contribution in [-0.2, 0) is 11.2 Å². The van der Waals surface area contributed by atoms with Gasteiger partial charge in [-0.3, -0.25) is 14.6 Å². The number of benzene rings is 3. The van der Waals surface area contributed by atoms with Crippen LogP contribution in [0.5, 0.6) is 0 Å². The lowest BCUT2D eigenvalue weighted by Crippen LogP contribution is -2.37. The van der Waals surface area contributed by atoms with Gasteiger partial charge in [0.15, 0.2) is 0 Å². The molecule has 4 aromatic rings. The molecule has 35 heavy (non-hydrogen) atoms. The van der Waals surface area contributed by atoms with Crippen LogP contribution in [0.4, 0.5) is 10.1 Å². The van der Waals surface area contributed by atoms with E-state index in [1.165, 1.54) is 18.2 Å². The highest BCUT2D eigenvalue weighted by Gasteiger charge is 2.17. The maximum atomic E-state index is 15.0. The molecule has 0 fully saturated rings. The van der Waals surface area contributed by atoms with Crippen LogP contribution in [0.1, 0.15) is 26.3 Å². The number of hydrogen-bond acceptors (Lipinski definition) is 4. The van der Waals surface area contributed by atoms with E-state index in [1.54, 1.807) is 48.8 Å². The Kier molecular flexibility index (Phi) is 7.37. The number of carbonyl (C=O) groups is 3. The number of halogens is 1. The third kappa shape index (κ3) is 5.83. The van der Waals surface area contributed by atoms with Crippen molar-refractivity contribution in [3.63, 3.8) is 0 Å². The minimum Gasteiger partial charge on any atom is -0.342 e. The zero-order valence-electron chi connectivity index (χ0n) is 18.6. The summed E-state index contributed by atoms with van der Waals surface area (Å²) in [6.07, 6.45) is 4.19. The molecule has 0 saturated carbocycles. The van der Waals surface area contributed by atoms with Gasteiger partial charge in [-0.15, -0.1) is 0 Å². The van der Waals surface area contributed by atoms with E-state index in [2.05, 4.69) is 15.6 Å². The van der Waals surface area contributed by atoms with Gasteiger partial charge in [0.1, 0.15) is 12.1 Å². The minimum atomic E-state index is -0.667. The van der Waals surface area contributed by atoms with Crippen LogP contribution in [0.15, 0.2) is 97.3 Å². The van der Waals surface area contributed by atoms with E-state index < -0.39 is 23.7 Å². The van der Waals surface area contributed by atoms with Crippen molar-refractivity contribution >= 4 is 23.8 Å². The molecule has 6 nitrogen and oxygen atoms in total. The van der Waals surface area contributed by atoms with Crippen molar-refractivity contribution in [3.05, 3.63) is 120 Å². The Bertz CT molecular complexity index is 1330. The quantitative estimate of drug-likeness (QED) is 0.368. The largest absolute Gasteiger partial charge is 0.342 e. The van der Waals surface area contributed by atoms with Crippen LogP contribution < -0.4 is 10.6 Å². The van der Waals surface area contributed by atoms with E-state index in [9.17, 15) is 14.4 Å². The number of anilines is 1. The second kappa shape index (κ2) is 11.0. The first-order valence-corrected chi connectivity index (χ1v) is 11.0. The Morgan fingerprint density at radius 3 is 2.26 bits per heavy atom. The molecular formula is C28H22FN3O3. The number of nitrogens with one attached hydrogen (secondary N) is 2. The number of nitrogens with zero attached hydrogens (tertiary/aromatic N) is 1. The second-order valence-electron chi connectivity index (χ2n) is 7.84. The highest BCUT2D eigenvalue weighted by atomic mass is 19.1. The molecule has 0 radical (unpaired) electrons. The molecule has 0 aliphatic heterocycles. The van der Waals surface area contributed by atoms with Crippen molar-refractivity contribution in [2.75, 3.05) is 5.32 Å². The summed E-state index contributed by atoms with van der Waals surface area (Å²) in [7, 11) is 0. The maximum Gasteiger partial charge on any atom is 0.258 e. The minimum absolute atomic E-state index is 0.101. The lowest BCUT2D eigenvalue weighted by Gasteiger charge is -2.13. The topological polar surface area (TPSA) is 88.2 Å². The number of aldehydes is 1. The van der Waals surface area contributed by atoms with Gasteiger partial charge in [0.05, 0.1) is 11.6 Å². The first-order valence-electron chi connectivity index (χ1n) is 11.0. The standard InChI is InChI=1S/C28H22FN3O3/c29-26-24(20-13-15-30-16-14-20)7-4-8-25(26)28(35)31-22-11-9-21(10-12-22)27(34)32-23(18-33)17-19-5-2-1-3-6-19/h1-16,18,23H,17H2,(H,31,35)(H,32,34)/t23-/m0/s1. The lowest BCUT2D eigenvalue weighted by atomic mass is 10.0. The van der Waals surface area contributed by atoms with Gasteiger partial charge in [-0.05, 0) is 60.0 Å². The van der Waals surface area contributed by atoms with Gasteiger partial charge in [-0.25, -0.2) is 4.39 Å². The maximum absolute atomic E-state index is 15.0. The summed E-state index contributed by atoms with van der Waals surface area (Å²) >= 11 is 0. The molecule has 2 N–H and O–H groups in total. The number of pyridine rings is 1. The van der Waals surface area contributed by atoms with Crippen LogP contribution in [0.25, 0.3) is 11.1 Å². The van der Waals surface area contributed by atoms with Crippen molar-refractivity contribution < 1.29 is 18.8 Å². The van der Waals surface area contributed by atoms with Gasteiger partial charge in [0.2, 0.25) is 0 Å². The highest BCUT2D eigenvalue weighted by molar-refractivity contribution is 6.05. The number of carbonyl (C=O) groups excluding carboxylic acids is 3. The van der Waals surface area contributed by atoms with E-state index in [4.69, 9.17) is 0 Å². The predicted molar refractivity (Wildman–Crippen MR) is 131 cm³/mol. The molecule has 1 atom stereocenters. The third-order valence-corrected chi connectivity index (χ3v) is 5.42. The van der Waals surface area contributed by atoms with Crippen LogP contribution in [0.2, 0.25) is 0 Å². The van der Waals surface area contributed by atoms with Gasteiger partial charge < -0.3 is 15.4 Å². The summed E-state index contributed by atoms with van der Waals surface area (Å²) in [5.74, 6) is -1.66. The molecular weight excluding hydrogens is 445 g/mol. The SMILES string of the molecule is O=C[C@H](Cc1ccccc1)NC(=O)c1ccc(NC(=O)c2cccc(-c3ccncc3)c2F)cc1. The Balaban J connectivity index is 1.41. The number of hydrogen-bond donors (Lipinski definition) is 2. The highest BCUT2D eigenvalue weighted by Crippen LogP contribution is 2.25. The predicted octanol–water partition coefficient (Wildman–Crippen LogP) is 4.68. The van der Waals surface area contributed by atoms with E-state index in [-0.39, 0.29) is 5.56 Å². The summed E-state index contributed by atoms with van der Waals surface area (Å²) in [4.78, 5) is 40.6. The van der Waals surface area contributed by atoms with E-state index in [0.717, 1.165) is 5.56 Å². The van der Waals surface area contributed by atoms with Gasteiger partial charge in [0, 0.05) is 29.2 Å². The molecule has 0 saturated heterocycles. The molecule has 174 valence electrons. The zero-order chi connectivity index (χ0) is 24.6. The lowest BCUT2D eigenvalue weighted by molar-refractivity contribution is -0.109. The molecule has 1 aromatic heterocycles. The summed E-state index contributed by atoms with van der Waals surface area (Å²) < 4.78 is 15.0. The average Bonchev–Trinajstić information content (AvgIpc) is 2.90. The fraction of sp³-hybridized carbons (Fsp3) is 0.0714. The normalized spacial score (nSPS) is 11.3. The molecule has 1 heterocycles. The Hall–Kier alpha value is -4.65. The summed E-state index contributed by atoms with van der Waals surface area (Å²) in [5.41, 5.74) is 2.47. The number of rotatable bonds is 8. The van der Waals surface area contributed by atoms with E-state index in [1.807, 2.05) is 30.3 Å². The van der Waals surface area contributed by atoms with Crippen LogP contribution in [0.3, 0.4) is 0 Å². The van der Waals surface area contributed by atoms with Crippen molar-refractivity contribution in [2.45, 2.75) is 12.5 Å². The Morgan fingerprint density at radius 1 is 0.857 bits per heavy atom. The smallest absolute Gasteiger partial charge is 0.258 e. The molecule has 0 aliphatic carbocycles. The van der Waals surface area contributed by atoms with Crippen LogP contribution in [0, 0.1) is 5.82 Å². The molecule has 2 amide bonds. The van der Waals surface area contributed by atoms with Crippen molar-refractivity contribution in [2.24, 2.45) is 0 Å². The number of aromatic nitrogens is 1. The molecule has 0 bridgehead atoms. The summed E-state index contributed by atoms with van der Waals surface area (Å²) in [5, 5.41) is 5.35. The van der Waals surface area contributed by atoms with Crippen LogP contribution in [-0.4, -0.2) is 29.1 Å². The molecule has 0 spiro atoms. The van der Waals surface area contributed by atoms with Crippen LogP contribution >= 0.6 is 0 Å². The second-order valence-corrected chi connectivity index (χ2v) is 7.84. The Morgan fingerprint density at radius 2 is 1.57 bits per heavy atom. The summed E-state index contributed by atoms with van der Waals surface area (Å²) in [6, 6.07) is 22.8. The Labute approximate surface area is 201 Å². The molecule has 0 aliphatic rings. The number of amides is 2. The van der Waals surface area contributed by atoms with Gasteiger partial charge in [-0.2, -0.15) is 0 Å². The monoisotopic (exact) mass is 467 g/mol. The fourth-order valence-electron chi connectivity index (χ4n) is 3.62. The average molecular weight is 468 g/mol. The molecule has 4 rings (SSSR count). The van der Waals surface area contributed by atoms with Gasteiger partial charge >= 0.3 is 0 Å². The van der Waals surface area contributed by atoms with Crippen molar-refractivity contribution in [1.82, 2.24) is 10.3 Å². The molecule has 3 aromatic carbocycles. The first-order chi connectivity index (χ1) is 17.0. The zero-order valence-corrected chi connectivity index (χ0v) is 18.6. The van der Waals surface area contributed by atoms with Gasteiger partial charge in [0.25, 0.3) is 11.8 Å². The third-order valence-electron chi connectivity index (χ3n) is 5.42. The van der Waals surface area contributed by atoms with Crippen molar-refractivity contribution in [1.29, 1.82) is 0 Å². The first kappa shape index (κ1) is 23.5. The van der Waals surface area contributed by atoms with Gasteiger partial charge in [-0.1, -0.05) is 42.5 Å². The molecule has 0 unspecified atom stereocenters.